The lowest BCUT2D eigenvalue weighted by Gasteiger charge is -2.02. The summed E-state index contributed by atoms with van der Waals surface area (Å²) in [5, 5.41) is 0. The van der Waals surface area contributed by atoms with E-state index in [1.807, 2.05) is 43.3 Å². The van der Waals surface area contributed by atoms with Crippen molar-refractivity contribution in [2.24, 2.45) is 0 Å². The second-order valence-electron chi connectivity index (χ2n) is 3.65. The molecule has 0 aliphatic carbocycles. The number of benzene rings is 1. The van der Waals surface area contributed by atoms with Gasteiger partial charge in [-0.05, 0) is 12.0 Å². The number of hydrogen-bond donors (Lipinski definition) is 2. The van der Waals surface area contributed by atoms with Gasteiger partial charge in [0.1, 0.15) is 0 Å². The van der Waals surface area contributed by atoms with E-state index in [1.165, 1.54) is 5.56 Å². The number of unbranched alkanes of at least 4 members (excludes halogenated alkanes) is 2. The average molecular weight is 272 g/mol. The van der Waals surface area contributed by atoms with Crippen LogP contribution in [0.5, 0.6) is 0 Å². The molecule has 0 aliphatic rings. The van der Waals surface area contributed by atoms with Gasteiger partial charge in [0.25, 0.3) is 0 Å². The van der Waals surface area contributed by atoms with Gasteiger partial charge in [0.05, 0.1) is 6.61 Å². The Morgan fingerprint density at radius 2 is 1.89 bits per heavy atom. The molecule has 4 nitrogen and oxygen atoms in total. The summed E-state index contributed by atoms with van der Waals surface area (Å²) in [6, 6.07) is 10.0. The van der Waals surface area contributed by atoms with Crippen LogP contribution in [0.4, 0.5) is 0 Å². The van der Waals surface area contributed by atoms with Crippen molar-refractivity contribution in [2.45, 2.75) is 26.2 Å². The minimum Gasteiger partial charge on any atom is -0.303 e. The van der Waals surface area contributed by atoms with E-state index < -0.39 is 7.82 Å². The van der Waals surface area contributed by atoms with Crippen LogP contribution in [-0.2, 0) is 9.09 Å². The van der Waals surface area contributed by atoms with E-state index in [0.717, 1.165) is 12.8 Å². The van der Waals surface area contributed by atoms with E-state index in [1.54, 1.807) is 0 Å². The molecule has 0 unspecified atom stereocenters. The summed E-state index contributed by atoms with van der Waals surface area (Å²) in [6.45, 7) is 5.79. The second-order valence-corrected chi connectivity index (χ2v) is 4.89. The zero-order valence-corrected chi connectivity index (χ0v) is 11.6. The molecule has 0 aromatic heterocycles. The van der Waals surface area contributed by atoms with Gasteiger partial charge >= 0.3 is 7.82 Å². The Morgan fingerprint density at radius 3 is 2.28 bits per heavy atom. The molecule has 0 amide bonds. The molecule has 0 fully saturated rings. The van der Waals surface area contributed by atoms with Crippen LogP contribution in [0, 0.1) is 0 Å². The fourth-order valence-corrected chi connectivity index (χ4v) is 1.49. The molecule has 18 heavy (non-hydrogen) atoms. The highest BCUT2D eigenvalue weighted by Gasteiger charge is 2.11. The monoisotopic (exact) mass is 272 g/mol. The predicted octanol–water partition coefficient (Wildman–Crippen LogP) is 3.62. The Bertz CT molecular complexity index is 359. The molecule has 0 spiro atoms. The summed E-state index contributed by atoms with van der Waals surface area (Å²) in [4.78, 5) is 16.4. The largest absolute Gasteiger partial charge is 0.469 e. The van der Waals surface area contributed by atoms with Crippen LogP contribution in [0.1, 0.15) is 31.7 Å². The van der Waals surface area contributed by atoms with Crippen molar-refractivity contribution in [3.8, 4) is 0 Å². The van der Waals surface area contributed by atoms with Crippen LogP contribution in [0.15, 0.2) is 36.9 Å². The van der Waals surface area contributed by atoms with Crippen LogP contribution in [0.2, 0.25) is 0 Å². The van der Waals surface area contributed by atoms with Crippen LogP contribution in [0.25, 0.3) is 6.08 Å². The van der Waals surface area contributed by atoms with Crippen molar-refractivity contribution in [1.82, 2.24) is 0 Å². The quantitative estimate of drug-likeness (QED) is 0.613. The van der Waals surface area contributed by atoms with Crippen LogP contribution in [-0.4, -0.2) is 16.4 Å². The molecule has 1 aromatic carbocycles. The number of phosphoric acid groups is 1. The summed E-state index contributed by atoms with van der Waals surface area (Å²) < 4.78 is 14.3. The second kappa shape index (κ2) is 10.0. The lowest BCUT2D eigenvalue weighted by atomic mass is 10.2. The highest BCUT2D eigenvalue weighted by atomic mass is 31.2. The lowest BCUT2D eigenvalue weighted by Crippen LogP contribution is -1.91. The van der Waals surface area contributed by atoms with Crippen molar-refractivity contribution in [3.05, 3.63) is 42.5 Å². The van der Waals surface area contributed by atoms with Gasteiger partial charge in [0.2, 0.25) is 0 Å². The first kappa shape index (κ1) is 17.1. The molecule has 0 saturated carbocycles. The Kier molecular flexibility index (Phi) is 9.52. The maximum Gasteiger partial charge on any atom is 0.469 e. The van der Waals surface area contributed by atoms with E-state index in [0.29, 0.717) is 6.42 Å². The number of hydrogen-bond acceptors (Lipinski definition) is 2. The number of phosphoric ester groups is 1. The third-order valence-electron chi connectivity index (χ3n) is 2.04. The predicted molar refractivity (Wildman–Crippen MR) is 74.1 cm³/mol. The highest BCUT2D eigenvalue weighted by molar-refractivity contribution is 7.46. The maximum atomic E-state index is 10.1. The molecule has 0 heterocycles. The molecular weight excluding hydrogens is 251 g/mol. The summed E-state index contributed by atoms with van der Waals surface area (Å²) in [6.07, 6.45) is 4.51. The van der Waals surface area contributed by atoms with Crippen molar-refractivity contribution < 1.29 is 18.9 Å². The Hall–Kier alpha value is -0.930. The van der Waals surface area contributed by atoms with Crippen molar-refractivity contribution in [1.29, 1.82) is 0 Å². The lowest BCUT2D eigenvalue weighted by molar-refractivity contribution is 0.193. The third kappa shape index (κ3) is 11.6. The maximum absolute atomic E-state index is 10.1. The minimum absolute atomic E-state index is 0.151. The molecule has 0 atom stereocenters. The first-order valence-electron chi connectivity index (χ1n) is 5.87. The minimum atomic E-state index is -4.21. The fraction of sp³-hybridized carbons (Fsp3) is 0.385. The molecule has 102 valence electrons. The summed E-state index contributed by atoms with van der Waals surface area (Å²) in [5.41, 5.74) is 1.17. The summed E-state index contributed by atoms with van der Waals surface area (Å²) in [7, 11) is -4.21. The molecular formula is C13H21O4P. The third-order valence-corrected chi connectivity index (χ3v) is 2.56. The van der Waals surface area contributed by atoms with Crippen molar-refractivity contribution in [3.63, 3.8) is 0 Å². The van der Waals surface area contributed by atoms with E-state index in [-0.39, 0.29) is 6.61 Å². The van der Waals surface area contributed by atoms with Crippen molar-refractivity contribution >= 4 is 13.9 Å². The molecule has 5 heteroatoms. The molecule has 0 aliphatic heterocycles. The summed E-state index contributed by atoms with van der Waals surface area (Å²) >= 11 is 0. The van der Waals surface area contributed by atoms with E-state index in [9.17, 15) is 4.57 Å². The Balaban J connectivity index is 0.000000327. The Labute approximate surface area is 109 Å². The van der Waals surface area contributed by atoms with E-state index >= 15 is 0 Å². The fourth-order valence-electron chi connectivity index (χ4n) is 1.12. The topological polar surface area (TPSA) is 66.8 Å². The Morgan fingerprint density at radius 1 is 1.28 bits per heavy atom. The van der Waals surface area contributed by atoms with E-state index in [2.05, 4.69) is 11.1 Å². The molecule has 2 N–H and O–H groups in total. The van der Waals surface area contributed by atoms with E-state index in [4.69, 9.17) is 9.79 Å². The zero-order chi connectivity index (χ0) is 13.9. The van der Waals surface area contributed by atoms with Gasteiger partial charge in [0.15, 0.2) is 0 Å². The molecule has 1 rings (SSSR count). The SMILES string of the molecule is C=Cc1ccccc1.CCCCCOP(=O)(O)O. The molecule has 0 radical (unpaired) electrons. The molecule has 1 aromatic rings. The van der Waals surface area contributed by atoms with Gasteiger partial charge in [-0.3, -0.25) is 4.52 Å². The first-order chi connectivity index (χ1) is 8.49. The molecule has 0 saturated heterocycles. The summed E-state index contributed by atoms with van der Waals surface area (Å²) in [5.74, 6) is 0. The average Bonchev–Trinajstić information content (AvgIpc) is 2.35. The highest BCUT2D eigenvalue weighted by Crippen LogP contribution is 2.35. The van der Waals surface area contributed by atoms with Crippen molar-refractivity contribution in [2.75, 3.05) is 6.61 Å². The smallest absolute Gasteiger partial charge is 0.303 e. The van der Waals surface area contributed by atoms with Crippen LogP contribution >= 0.6 is 7.82 Å². The van der Waals surface area contributed by atoms with Crippen LogP contribution < -0.4 is 0 Å². The number of rotatable bonds is 6. The van der Waals surface area contributed by atoms with Crippen LogP contribution in [0.3, 0.4) is 0 Å². The molecule has 0 bridgehead atoms. The zero-order valence-electron chi connectivity index (χ0n) is 10.7. The van der Waals surface area contributed by atoms with Gasteiger partial charge in [-0.2, -0.15) is 0 Å². The van der Waals surface area contributed by atoms with Gasteiger partial charge in [-0.25, -0.2) is 4.57 Å². The van der Waals surface area contributed by atoms with Gasteiger partial charge in [0, 0.05) is 0 Å². The normalized spacial score (nSPS) is 10.4. The standard InChI is InChI=1S/C8H8.C5H13O4P/c1-2-8-6-4-3-5-7-8;1-2-3-4-5-9-10(6,7)8/h2-7H,1H2;2-5H2,1H3,(H2,6,7,8). The van der Waals surface area contributed by atoms with Gasteiger partial charge in [-0.15, -0.1) is 0 Å². The first-order valence-corrected chi connectivity index (χ1v) is 7.40. The van der Waals surface area contributed by atoms with Gasteiger partial charge in [-0.1, -0.05) is 62.8 Å². The van der Waals surface area contributed by atoms with Gasteiger partial charge < -0.3 is 9.79 Å².